The number of aromatic nitrogens is 1. The largest absolute Gasteiger partial charge is 0.506 e. The van der Waals surface area contributed by atoms with E-state index < -0.39 is 10.0 Å². The molecule has 0 spiro atoms. The summed E-state index contributed by atoms with van der Waals surface area (Å²) in [6.07, 6.45) is 0. The lowest BCUT2D eigenvalue weighted by Gasteiger charge is -2.16. The SMILES string of the molecule is COc1ccc(C)cc1S(=O)(=O)Nc1cc(Sc2nc3ccccc3s2)c(O)c2ccccc12. The number of phenols is 1. The summed E-state index contributed by atoms with van der Waals surface area (Å²) >= 11 is 2.81. The molecular formula is C25H20N2O4S3. The van der Waals surface area contributed by atoms with Gasteiger partial charge in [0.15, 0.2) is 4.34 Å². The van der Waals surface area contributed by atoms with E-state index in [0.717, 1.165) is 20.1 Å². The Hall–Kier alpha value is -3.27. The van der Waals surface area contributed by atoms with Gasteiger partial charge in [-0.3, -0.25) is 4.72 Å². The summed E-state index contributed by atoms with van der Waals surface area (Å²) in [6, 6.07) is 21.6. The number of aryl methyl sites for hydroxylation is 1. The maximum atomic E-state index is 13.4. The highest BCUT2D eigenvalue weighted by Gasteiger charge is 2.23. The third-order valence-corrected chi connectivity index (χ3v) is 8.82. The lowest BCUT2D eigenvalue weighted by atomic mass is 10.1. The monoisotopic (exact) mass is 508 g/mol. The fourth-order valence-electron chi connectivity index (χ4n) is 3.68. The number of methoxy groups -OCH3 is 1. The van der Waals surface area contributed by atoms with E-state index in [1.807, 2.05) is 31.2 Å². The molecule has 1 aromatic heterocycles. The van der Waals surface area contributed by atoms with Crippen LogP contribution in [0.3, 0.4) is 0 Å². The number of sulfonamides is 1. The van der Waals surface area contributed by atoms with Crippen LogP contribution >= 0.6 is 23.1 Å². The second kappa shape index (κ2) is 8.83. The molecule has 0 atom stereocenters. The Morgan fingerprint density at radius 3 is 2.50 bits per heavy atom. The van der Waals surface area contributed by atoms with Crippen molar-refractivity contribution in [3.05, 3.63) is 78.4 Å². The van der Waals surface area contributed by atoms with Gasteiger partial charge in [0.25, 0.3) is 10.0 Å². The number of fused-ring (bicyclic) bond motifs is 2. The number of hydrogen-bond donors (Lipinski definition) is 2. The van der Waals surface area contributed by atoms with Gasteiger partial charge in [-0.2, -0.15) is 0 Å². The highest BCUT2D eigenvalue weighted by Crippen LogP contribution is 2.44. The van der Waals surface area contributed by atoms with E-state index in [0.29, 0.717) is 21.4 Å². The number of phenolic OH excluding ortho intramolecular Hbond substituents is 1. The van der Waals surface area contributed by atoms with Gasteiger partial charge >= 0.3 is 0 Å². The molecule has 5 aromatic rings. The van der Waals surface area contributed by atoms with Gasteiger partial charge in [0.2, 0.25) is 0 Å². The summed E-state index contributed by atoms with van der Waals surface area (Å²) in [4.78, 5) is 5.18. The van der Waals surface area contributed by atoms with Crippen molar-refractivity contribution in [2.75, 3.05) is 11.8 Å². The molecule has 5 rings (SSSR count). The summed E-state index contributed by atoms with van der Waals surface area (Å²) in [6.45, 7) is 1.82. The average molecular weight is 509 g/mol. The minimum Gasteiger partial charge on any atom is -0.506 e. The van der Waals surface area contributed by atoms with Crippen molar-refractivity contribution in [3.63, 3.8) is 0 Å². The highest BCUT2D eigenvalue weighted by atomic mass is 32.2. The standard InChI is InChI=1S/C25H20N2O4S3/c1-15-11-12-20(31-2)23(13-15)34(29,30)27-19-14-22(24(28)17-8-4-3-7-16(17)19)33-25-26-18-9-5-6-10-21(18)32-25/h3-14,27-28H,1-2H3. The second-order valence-corrected chi connectivity index (χ2v) is 11.6. The van der Waals surface area contributed by atoms with Crippen molar-refractivity contribution < 1.29 is 18.3 Å². The molecule has 4 aromatic carbocycles. The zero-order chi connectivity index (χ0) is 23.9. The van der Waals surface area contributed by atoms with Gasteiger partial charge in [-0.05, 0) is 42.8 Å². The molecule has 0 aliphatic heterocycles. The Morgan fingerprint density at radius 1 is 1.00 bits per heavy atom. The predicted molar refractivity (Wildman–Crippen MR) is 138 cm³/mol. The molecule has 0 unspecified atom stereocenters. The van der Waals surface area contributed by atoms with Gasteiger partial charge in [0.1, 0.15) is 16.4 Å². The number of rotatable bonds is 6. The number of nitrogens with one attached hydrogen (secondary N) is 1. The number of benzene rings is 4. The minimum atomic E-state index is -3.97. The first kappa shape index (κ1) is 22.5. The second-order valence-electron chi connectivity index (χ2n) is 7.63. The summed E-state index contributed by atoms with van der Waals surface area (Å²) in [7, 11) is -2.54. The third-order valence-electron chi connectivity index (χ3n) is 5.31. The molecule has 34 heavy (non-hydrogen) atoms. The van der Waals surface area contributed by atoms with E-state index in [2.05, 4.69) is 9.71 Å². The molecule has 0 fully saturated rings. The van der Waals surface area contributed by atoms with Gasteiger partial charge in [0.05, 0.1) is 27.9 Å². The first-order valence-corrected chi connectivity index (χ1v) is 13.4. The number of anilines is 1. The van der Waals surface area contributed by atoms with Crippen LogP contribution in [0.2, 0.25) is 0 Å². The minimum absolute atomic E-state index is 0.0486. The van der Waals surface area contributed by atoms with Gasteiger partial charge in [0, 0.05) is 10.8 Å². The highest BCUT2D eigenvalue weighted by molar-refractivity contribution is 8.01. The Kier molecular flexibility index (Phi) is 5.85. The average Bonchev–Trinajstić information content (AvgIpc) is 3.24. The first-order chi connectivity index (χ1) is 16.4. The van der Waals surface area contributed by atoms with Crippen molar-refractivity contribution in [3.8, 4) is 11.5 Å². The van der Waals surface area contributed by atoms with Crippen LogP contribution in [0.15, 0.2) is 86.9 Å². The smallest absolute Gasteiger partial charge is 0.265 e. The number of para-hydroxylation sites is 1. The zero-order valence-corrected chi connectivity index (χ0v) is 20.7. The number of ether oxygens (including phenoxy) is 1. The van der Waals surface area contributed by atoms with E-state index in [1.165, 1.54) is 30.2 Å². The van der Waals surface area contributed by atoms with Gasteiger partial charge in [-0.1, -0.05) is 54.2 Å². The topological polar surface area (TPSA) is 88.5 Å². The van der Waals surface area contributed by atoms with Crippen LogP contribution in [-0.4, -0.2) is 25.6 Å². The Balaban J connectivity index is 1.61. The van der Waals surface area contributed by atoms with Crippen molar-refractivity contribution in [2.45, 2.75) is 21.1 Å². The lowest BCUT2D eigenvalue weighted by Crippen LogP contribution is -2.14. The van der Waals surface area contributed by atoms with Crippen LogP contribution in [0.1, 0.15) is 5.56 Å². The summed E-state index contributed by atoms with van der Waals surface area (Å²) in [5.74, 6) is 0.334. The normalized spacial score (nSPS) is 11.7. The van der Waals surface area contributed by atoms with Crippen LogP contribution in [-0.2, 0) is 10.0 Å². The summed E-state index contributed by atoms with van der Waals surface area (Å²) in [5, 5.41) is 12.1. The molecule has 0 radical (unpaired) electrons. The van der Waals surface area contributed by atoms with E-state index >= 15 is 0 Å². The number of aromatic hydroxyl groups is 1. The van der Waals surface area contributed by atoms with Gasteiger partial charge < -0.3 is 9.84 Å². The molecule has 0 aliphatic rings. The van der Waals surface area contributed by atoms with Crippen LogP contribution in [0.4, 0.5) is 5.69 Å². The first-order valence-electron chi connectivity index (χ1n) is 10.3. The molecule has 9 heteroatoms. The summed E-state index contributed by atoms with van der Waals surface area (Å²) < 4.78 is 36.6. The van der Waals surface area contributed by atoms with Crippen molar-refractivity contribution >= 4 is 59.8 Å². The zero-order valence-electron chi connectivity index (χ0n) is 18.3. The molecule has 6 nitrogen and oxygen atoms in total. The Morgan fingerprint density at radius 2 is 1.74 bits per heavy atom. The van der Waals surface area contributed by atoms with E-state index in [1.54, 1.807) is 48.5 Å². The van der Waals surface area contributed by atoms with Crippen LogP contribution in [0.25, 0.3) is 21.0 Å². The molecule has 2 N–H and O–H groups in total. The fourth-order valence-corrected chi connectivity index (χ4v) is 7.12. The van der Waals surface area contributed by atoms with Crippen LogP contribution in [0, 0.1) is 6.92 Å². The number of nitrogens with zero attached hydrogens (tertiary/aromatic N) is 1. The maximum absolute atomic E-state index is 13.4. The Bertz CT molecular complexity index is 1610. The Labute approximate surface area is 205 Å². The molecule has 0 amide bonds. The predicted octanol–water partition coefficient (Wildman–Crippen LogP) is 6.42. The molecule has 172 valence electrons. The van der Waals surface area contributed by atoms with Crippen molar-refractivity contribution in [1.29, 1.82) is 0 Å². The van der Waals surface area contributed by atoms with Crippen molar-refractivity contribution in [2.24, 2.45) is 0 Å². The molecular weight excluding hydrogens is 488 g/mol. The number of thiazole rings is 1. The quantitative estimate of drug-likeness (QED) is 0.257. The van der Waals surface area contributed by atoms with Gasteiger partial charge in [-0.15, -0.1) is 11.3 Å². The van der Waals surface area contributed by atoms with Gasteiger partial charge in [-0.25, -0.2) is 13.4 Å². The summed E-state index contributed by atoms with van der Waals surface area (Å²) in [5.41, 5.74) is 2.03. The molecule has 1 heterocycles. The third kappa shape index (κ3) is 4.18. The maximum Gasteiger partial charge on any atom is 0.265 e. The molecule has 0 saturated heterocycles. The molecule has 0 aliphatic carbocycles. The fraction of sp³-hybridized carbons (Fsp3) is 0.0800. The van der Waals surface area contributed by atoms with E-state index in [9.17, 15) is 13.5 Å². The van der Waals surface area contributed by atoms with E-state index in [-0.39, 0.29) is 16.4 Å². The van der Waals surface area contributed by atoms with E-state index in [4.69, 9.17) is 4.74 Å². The number of hydrogen-bond acceptors (Lipinski definition) is 7. The van der Waals surface area contributed by atoms with Crippen molar-refractivity contribution in [1.82, 2.24) is 4.98 Å². The van der Waals surface area contributed by atoms with Crippen LogP contribution in [0.5, 0.6) is 11.5 Å². The van der Waals surface area contributed by atoms with Crippen LogP contribution < -0.4 is 9.46 Å². The molecule has 0 bridgehead atoms. The molecule has 0 saturated carbocycles. The lowest BCUT2D eigenvalue weighted by molar-refractivity contribution is 0.402.